The molecule has 0 radical (unpaired) electrons. The van der Waals surface area contributed by atoms with Crippen molar-refractivity contribution in [2.75, 3.05) is 0 Å². The molecule has 0 bridgehead atoms. The van der Waals surface area contributed by atoms with Crippen LogP contribution in [0.4, 0.5) is 0 Å². The van der Waals surface area contributed by atoms with E-state index in [2.05, 4.69) is 21.9 Å². The first-order valence-electron chi connectivity index (χ1n) is 5.98. The average Bonchev–Trinajstić information content (AvgIpc) is 2.71. The summed E-state index contributed by atoms with van der Waals surface area (Å²) in [6, 6.07) is 1.90. The molecule has 0 saturated carbocycles. The maximum atomic E-state index is 12.0. The van der Waals surface area contributed by atoms with E-state index in [1.807, 2.05) is 17.4 Å². The number of pyridine rings is 1. The predicted molar refractivity (Wildman–Crippen MR) is 70.0 cm³/mol. The SMILES string of the molecule is CCc1cc2c(=O)[nH]c(C)nc2c2c(C)ncn12. The molecule has 3 rings (SSSR count). The summed E-state index contributed by atoms with van der Waals surface area (Å²) in [5.74, 6) is 0.624. The lowest BCUT2D eigenvalue weighted by molar-refractivity contribution is 0.970. The Morgan fingerprint density at radius 1 is 1.39 bits per heavy atom. The Bertz CT molecular complexity index is 813. The minimum absolute atomic E-state index is 0.0877. The van der Waals surface area contributed by atoms with Crippen LogP contribution in [0.3, 0.4) is 0 Å². The Balaban J connectivity index is 2.66. The Hall–Kier alpha value is -2.17. The van der Waals surface area contributed by atoms with Gasteiger partial charge in [-0.2, -0.15) is 0 Å². The van der Waals surface area contributed by atoms with Gasteiger partial charge < -0.3 is 9.38 Å². The van der Waals surface area contributed by atoms with Crippen LogP contribution in [0.25, 0.3) is 16.4 Å². The molecule has 0 aliphatic carbocycles. The van der Waals surface area contributed by atoms with Crippen molar-refractivity contribution in [3.63, 3.8) is 0 Å². The number of hydrogen-bond donors (Lipinski definition) is 1. The van der Waals surface area contributed by atoms with E-state index in [4.69, 9.17) is 0 Å². The molecule has 5 nitrogen and oxygen atoms in total. The monoisotopic (exact) mass is 242 g/mol. The van der Waals surface area contributed by atoms with Gasteiger partial charge in [-0.15, -0.1) is 0 Å². The van der Waals surface area contributed by atoms with E-state index in [0.29, 0.717) is 11.2 Å². The largest absolute Gasteiger partial charge is 0.310 e. The van der Waals surface area contributed by atoms with Crippen LogP contribution in [-0.4, -0.2) is 19.4 Å². The van der Waals surface area contributed by atoms with Gasteiger partial charge in [0.2, 0.25) is 0 Å². The molecule has 92 valence electrons. The molecule has 5 heteroatoms. The molecule has 0 saturated heterocycles. The summed E-state index contributed by atoms with van der Waals surface area (Å²) < 4.78 is 2.02. The molecule has 0 unspecified atom stereocenters. The second-order valence-electron chi connectivity index (χ2n) is 4.45. The molecule has 0 aliphatic rings. The van der Waals surface area contributed by atoms with Crippen molar-refractivity contribution in [2.24, 2.45) is 0 Å². The first-order chi connectivity index (χ1) is 8.61. The Labute approximate surface area is 104 Å². The molecule has 0 atom stereocenters. The van der Waals surface area contributed by atoms with Gasteiger partial charge in [-0.25, -0.2) is 9.97 Å². The highest BCUT2D eigenvalue weighted by molar-refractivity contribution is 5.93. The van der Waals surface area contributed by atoms with Crippen LogP contribution in [-0.2, 0) is 6.42 Å². The van der Waals surface area contributed by atoms with Crippen molar-refractivity contribution >= 4 is 16.4 Å². The first kappa shape index (κ1) is 11.0. The summed E-state index contributed by atoms with van der Waals surface area (Å²) in [5, 5.41) is 0.633. The number of aryl methyl sites for hydroxylation is 3. The summed E-state index contributed by atoms with van der Waals surface area (Å²) in [6.07, 6.45) is 2.64. The van der Waals surface area contributed by atoms with Crippen molar-refractivity contribution in [3.8, 4) is 0 Å². The minimum atomic E-state index is -0.0877. The Morgan fingerprint density at radius 2 is 2.17 bits per heavy atom. The van der Waals surface area contributed by atoms with Crippen LogP contribution < -0.4 is 5.56 Å². The molecule has 0 fully saturated rings. The van der Waals surface area contributed by atoms with Gasteiger partial charge in [0, 0.05) is 5.69 Å². The fourth-order valence-corrected chi connectivity index (χ4v) is 2.36. The van der Waals surface area contributed by atoms with Gasteiger partial charge in [0.25, 0.3) is 5.56 Å². The van der Waals surface area contributed by atoms with Crippen molar-refractivity contribution in [2.45, 2.75) is 27.2 Å². The van der Waals surface area contributed by atoms with Crippen LogP contribution in [0.5, 0.6) is 0 Å². The van der Waals surface area contributed by atoms with Crippen LogP contribution in [0.2, 0.25) is 0 Å². The number of H-pyrrole nitrogens is 1. The molecular weight excluding hydrogens is 228 g/mol. The van der Waals surface area contributed by atoms with E-state index in [9.17, 15) is 4.79 Å². The van der Waals surface area contributed by atoms with Crippen molar-refractivity contribution in [1.82, 2.24) is 19.4 Å². The molecule has 0 aromatic carbocycles. The van der Waals surface area contributed by atoms with E-state index < -0.39 is 0 Å². The molecule has 3 aromatic rings. The fraction of sp³-hybridized carbons (Fsp3) is 0.308. The molecule has 0 aliphatic heterocycles. The maximum absolute atomic E-state index is 12.0. The third-order valence-corrected chi connectivity index (χ3v) is 3.23. The van der Waals surface area contributed by atoms with Crippen LogP contribution in [0, 0.1) is 13.8 Å². The topological polar surface area (TPSA) is 63.0 Å². The smallest absolute Gasteiger partial charge is 0.258 e. The number of imidazole rings is 1. The lowest BCUT2D eigenvalue weighted by atomic mass is 10.2. The Morgan fingerprint density at radius 3 is 2.89 bits per heavy atom. The van der Waals surface area contributed by atoms with Crippen molar-refractivity contribution < 1.29 is 0 Å². The zero-order chi connectivity index (χ0) is 12.9. The van der Waals surface area contributed by atoms with Gasteiger partial charge in [-0.3, -0.25) is 4.79 Å². The zero-order valence-electron chi connectivity index (χ0n) is 10.6. The number of aromatic amines is 1. The number of nitrogens with one attached hydrogen (secondary N) is 1. The highest BCUT2D eigenvalue weighted by Crippen LogP contribution is 2.21. The summed E-state index contributed by atoms with van der Waals surface area (Å²) >= 11 is 0. The number of hydrogen-bond acceptors (Lipinski definition) is 3. The lowest BCUT2D eigenvalue weighted by Crippen LogP contribution is -2.11. The van der Waals surface area contributed by atoms with E-state index in [1.54, 1.807) is 13.3 Å². The van der Waals surface area contributed by atoms with Crippen LogP contribution >= 0.6 is 0 Å². The summed E-state index contributed by atoms with van der Waals surface area (Å²) in [7, 11) is 0. The van der Waals surface area contributed by atoms with Crippen LogP contribution in [0.15, 0.2) is 17.2 Å². The fourth-order valence-electron chi connectivity index (χ4n) is 2.36. The molecular formula is C13H14N4O. The predicted octanol–water partition coefficient (Wildman–Crippen LogP) is 1.75. The van der Waals surface area contributed by atoms with Gasteiger partial charge in [-0.05, 0) is 26.3 Å². The summed E-state index contributed by atoms with van der Waals surface area (Å²) in [4.78, 5) is 23.5. The first-order valence-corrected chi connectivity index (χ1v) is 5.98. The standard InChI is InChI=1S/C13H14N4O/c1-4-9-5-10-11(15-8(3)16-13(10)18)12-7(2)14-6-17(9)12/h5-6H,4H2,1-3H3,(H,15,16,18). The summed E-state index contributed by atoms with van der Waals surface area (Å²) in [6.45, 7) is 5.79. The normalized spacial score (nSPS) is 11.5. The third kappa shape index (κ3) is 1.37. The van der Waals surface area contributed by atoms with Gasteiger partial charge in [0.05, 0.1) is 22.9 Å². The number of rotatable bonds is 1. The highest BCUT2D eigenvalue weighted by Gasteiger charge is 2.12. The average molecular weight is 242 g/mol. The molecule has 18 heavy (non-hydrogen) atoms. The number of aromatic nitrogens is 4. The molecule has 0 spiro atoms. The van der Waals surface area contributed by atoms with E-state index in [1.165, 1.54) is 0 Å². The lowest BCUT2D eigenvalue weighted by Gasteiger charge is -2.07. The Kier molecular flexibility index (Phi) is 2.23. The van der Waals surface area contributed by atoms with Gasteiger partial charge in [-0.1, -0.05) is 6.92 Å². The van der Waals surface area contributed by atoms with Gasteiger partial charge in [0.15, 0.2) is 0 Å². The van der Waals surface area contributed by atoms with E-state index in [0.717, 1.165) is 28.8 Å². The number of fused-ring (bicyclic) bond motifs is 3. The minimum Gasteiger partial charge on any atom is -0.310 e. The molecule has 3 aromatic heterocycles. The van der Waals surface area contributed by atoms with Gasteiger partial charge in [0.1, 0.15) is 11.3 Å². The quantitative estimate of drug-likeness (QED) is 0.707. The van der Waals surface area contributed by atoms with Gasteiger partial charge >= 0.3 is 0 Å². The third-order valence-electron chi connectivity index (χ3n) is 3.23. The van der Waals surface area contributed by atoms with E-state index >= 15 is 0 Å². The second-order valence-corrected chi connectivity index (χ2v) is 4.45. The van der Waals surface area contributed by atoms with E-state index in [-0.39, 0.29) is 5.56 Å². The van der Waals surface area contributed by atoms with Crippen molar-refractivity contribution in [3.05, 3.63) is 40.0 Å². The van der Waals surface area contributed by atoms with Crippen LogP contribution in [0.1, 0.15) is 24.1 Å². The summed E-state index contributed by atoms with van der Waals surface area (Å²) in [5.41, 5.74) is 3.53. The molecule has 1 N–H and O–H groups in total. The molecule has 3 heterocycles. The molecule has 0 amide bonds. The highest BCUT2D eigenvalue weighted by atomic mass is 16.1. The second kappa shape index (κ2) is 3.66. The zero-order valence-corrected chi connectivity index (χ0v) is 10.6. The maximum Gasteiger partial charge on any atom is 0.258 e. The number of nitrogens with zero attached hydrogens (tertiary/aromatic N) is 3. The van der Waals surface area contributed by atoms with Crippen molar-refractivity contribution in [1.29, 1.82) is 0 Å².